The molecule has 1 aromatic rings. The molecule has 0 aromatic heterocycles. The Hall–Kier alpha value is -2.04. The van der Waals surface area contributed by atoms with E-state index in [9.17, 15) is 9.59 Å². The minimum Gasteiger partial charge on any atom is -0.493 e. The van der Waals surface area contributed by atoms with Crippen LogP contribution in [-0.2, 0) is 9.59 Å². The third-order valence-corrected chi connectivity index (χ3v) is 8.66. The lowest BCUT2D eigenvalue weighted by molar-refractivity contribution is -0.136. The molecule has 30 heavy (non-hydrogen) atoms. The average molecular weight is 413 g/mol. The van der Waals surface area contributed by atoms with Crippen LogP contribution in [0.1, 0.15) is 59.3 Å². The number of hydrogen-bond donors (Lipinski definition) is 1. The number of hydrogen-bond acceptors (Lipinski definition) is 3. The van der Waals surface area contributed by atoms with E-state index in [2.05, 4.69) is 26.1 Å². The second-order valence-electron chi connectivity index (χ2n) is 10.2. The number of piperidine rings is 1. The fourth-order valence-corrected chi connectivity index (χ4v) is 6.03. The van der Waals surface area contributed by atoms with Crippen molar-refractivity contribution in [2.75, 3.05) is 19.7 Å². The van der Waals surface area contributed by atoms with Gasteiger partial charge in [0.25, 0.3) is 0 Å². The molecule has 2 aliphatic carbocycles. The van der Waals surface area contributed by atoms with Gasteiger partial charge in [-0.3, -0.25) is 9.59 Å². The highest BCUT2D eigenvalue weighted by molar-refractivity contribution is 5.80. The van der Waals surface area contributed by atoms with E-state index >= 15 is 0 Å². The van der Waals surface area contributed by atoms with E-state index in [4.69, 9.17) is 4.74 Å². The third-order valence-electron chi connectivity index (χ3n) is 8.66. The first-order valence-corrected chi connectivity index (χ1v) is 11.6. The molecular formula is C25H36N2O3. The molecule has 4 rings (SSSR count). The number of nitrogens with one attached hydrogen (secondary N) is 1. The second kappa shape index (κ2) is 8.24. The largest absolute Gasteiger partial charge is 0.493 e. The first-order chi connectivity index (χ1) is 14.3. The summed E-state index contributed by atoms with van der Waals surface area (Å²) in [6.07, 6.45) is 5.52. The lowest BCUT2D eigenvalue weighted by Gasteiger charge is -2.40. The first kappa shape index (κ1) is 21.2. The zero-order valence-corrected chi connectivity index (χ0v) is 18.7. The summed E-state index contributed by atoms with van der Waals surface area (Å²) < 4.78 is 5.64. The molecule has 1 saturated heterocycles. The minimum atomic E-state index is 0.0282. The predicted molar refractivity (Wildman–Crippen MR) is 117 cm³/mol. The zero-order valence-electron chi connectivity index (χ0n) is 18.7. The summed E-state index contributed by atoms with van der Waals surface area (Å²) in [6.45, 7) is 8.84. The molecule has 2 bridgehead atoms. The molecule has 3 aliphatic rings. The van der Waals surface area contributed by atoms with E-state index in [1.165, 1.54) is 12.8 Å². The molecule has 3 unspecified atom stereocenters. The Morgan fingerprint density at radius 1 is 1.10 bits per heavy atom. The van der Waals surface area contributed by atoms with Crippen LogP contribution < -0.4 is 10.1 Å². The van der Waals surface area contributed by atoms with Crippen LogP contribution in [0.25, 0.3) is 0 Å². The number of carbonyl (C=O) groups excluding carboxylic acids is 2. The maximum absolute atomic E-state index is 13.0. The van der Waals surface area contributed by atoms with Gasteiger partial charge in [-0.25, -0.2) is 0 Å². The highest BCUT2D eigenvalue weighted by atomic mass is 16.5. The molecule has 2 saturated carbocycles. The molecule has 1 heterocycles. The average Bonchev–Trinajstić information content (AvgIpc) is 3.08. The summed E-state index contributed by atoms with van der Waals surface area (Å²) >= 11 is 0. The number of rotatable bonds is 6. The van der Waals surface area contributed by atoms with Gasteiger partial charge in [0.1, 0.15) is 5.75 Å². The van der Waals surface area contributed by atoms with Gasteiger partial charge in [0.05, 0.1) is 13.0 Å². The van der Waals surface area contributed by atoms with Crippen LogP contribution in [0.3, 0.4) is 0 Å². The molecule has 1 N–H and O–H groups in total. The predicted octanol–water partition coefficient (Wildman–Crippen LogP) is 4.03. The Morgan fingerprint density at radius 2 is 1.80 bits per heavy atom. The maximum atomic E-state index is 13.0. The van der Waals surface area contributed by atoms with Gasteiger partial charge >= 0.3 is 0 Å². The standard InChI is InChI=1S/C25H36N2O3/c1-24(2)19-9-13-25(24,3)21(17-19)26-23(29)18-10-14-27(15-11-18)22(28)12-16-30-20-7-5-4-6-8-20/h4-8,18-19,21H,9-17H2,1-3H3,(H,26,29). The van der Waals surface area contributed by atoms with Crippen molar-refractivity contribution in [2.24, 2.45) is 22.7 Å². The van der Waals surface area contributed by atoms with Gasteiger partial charge in [-0.2, -0.15) is 0 Å². The minimum absolute atomic E-state index is 0.0282. The van der Waals surface area contributed by atoms with Gasteiger partial charge in [-0.15, -0.1) is 0 Å². The van der Waals surface area contributed by atoms with Crippen molar-refractivity contribution in [3.63, 3.8) is 0 Å². The molecule has 5 nitrogen and oxygen atoms in total. The van der Waals surface area contributed by atoms with Crippen molar-refractivity contribution < 1.29 is 14.3 Å². The van der Waals surface area contributed by atoms with Crippen molar-refractivity contribution in [2.45, 2.75) is 65.3 Å². The van der Waals surface area contributed by atoms with Gasteiger partial charge in [-0.1, -0.05) is 39.0 Å². The fourth-order valence-electron chi connectivity index (χ4n) is 6.03. The normalized spacial score (nSPS) is 30.3. The van der Waals surface area contributed by atoms with Crippen LogP contribution in [0.2, 0.25) is 0 Å². The van der Waals surface area contributed by atoms with Crippen molar-refractivity contribution in [3.05, 3.63) is 30.3 Å². The smallest absolute Gasteiger partial charge is 0.225 e. The SMILES string of the molecule is CC1(C)C2CCC1(C)C(NC(=O)C1CCN(C(=O)CCOc3ccccc3)CC1)C2. The molecular weight excluding hydrogens is 376 g/mol. The highest BCUT2D eigenvalue weighted by Gasteiger charge is 2.61. The lowest BCUT2D eigenvalue weighted by Crippen LogP contribution is -2.50. The molecule has 0 spiro atoms. The van der Waals surface area contributed by atoms with Crippen molar-refractivity contribution >= 4 is 11.8 Å². The topological polar surface area (TPSA) is 58.6 Å². The number of ether oxygens (including phenoxy) is 1. The Balaban J connectivity index is 1.21. The van der Waals surface area contributed by atoms with E-state index in [1.807, 2.05) is 35.2 Å². The molecule has 2 amide bonds. The number of carbonyl (C=O) groups is 2. The maximum Gasteiger partial charge on any atom is 0.225 e. The van der Waals surface area contributed by atoms with Crippen molar-refractivity contribution in [1.82, 2.24) is 10.2 Å². The Labute approximate surface area is 180 Å². The number of amides is 2. The van der Waals surface area contributed by atoms with E-state index in [0.717, 1.165) is 30.9 Å². The quantitative estimate of drug-likeness (QED) is 0.768. The fraction of sp³-hybridized carbons (Fsp3) is 0.680. The summed E-state index contributed by atoms with van der Waals surface area (Å²) in [5.41, 5.74) is 0.519. The zero-order chi connectivity index (χ0) is 21.4. The number of para-hydroxylation sites is 1. The summed E-state index contributed by atoms with van der Waals surface area (Å²) in [4.78, 5) is 27.3. The van der Waals surface area contributed by atoms with E-state index in [1.54, 1.807) is 0 Å². The Kier molecular flexibility index (Phi) is 5.82. The monoisotopic (exact) mass is 412 g/mol. The number of likely N-dealkylation sites (tertiary alicyclic amines) is 1. The van der Waals surface area contributed by atoms with Gasteiger partial charge in [-0.05, 0) is 61.0 Å². The molecule has 1 aliphatic heterocycles. The summed E-state index contributed by atoms with van der Waals surface area (Å²) in [5.74, 6) is 1.86. The highest BCUT2D eigenvalue weighted by Crippen LogP contribution is 2.65. The van der Waals surface area contributed by atoms with Crippen LogP contribution in [0.15, 0.2) is 30.3 Å². The van der Waals surface area contributed by atoms with Crippen molar-refractivity contribution in [1.29, 1.82) is 0 Å². The number of benzene rings is 1. The van der Waals surface area contributed by atoms with Crippen LogP contribution in [0, 0.1) is 22.7 Å². The van der Waals surface area contributed by atoms with Crippen LogP contribution >= 0.6 is 0 Å². The third kappa shape index (κ3) is 3.83. The summed E-state index contributed by atoms with van der Waals surface area (Å²) in [6, 6.07) is 9.87. The Bertz CT molecular complexity index is 770. The first-order valence-electron chi connectivity index (χ1n) is 11.6. The second-order valence-corrected chi connectivity index (χ2v) is 10.2. The van der Waals surface area contributed by atoms with E-state index < -0.39 is 0 Å². The van der Waals surface area contributed by atoms with E-state index in [-0.39, 0.29) is 23.1 Å². The summed E-state index contributed by atoms with van der Waals surface area (Å²) in [7, 11) is 0. The molecule has 1 aromatic carbocycles. The van der Waals surface area contributed by atoms with E-state index in [0.29, 0.717) is 37.6 Å². The molecule has 5 heteroatoms. The van der Waals surface area contributed by atoms with Crippen molar-refractivity contribution in [3.8, 4) is 5.75 Å². The van der Waals surface area contributed by atoms with Gasteiger partial charge in [0.2, 0.25) is 11.8 Å². The molecule has 3 atom stereocenters. The van der Waals surface area contributed by atoms with Gasteiger partial charge in [0.15, 0.2) is 0 Å². The van der Waals surface area contributed by atoms with Gasteiger partial charge < -0.3 is 15.0 Å². The van der Waals surface area contributed by atoms with Crippen LogP contribution in [0.5, 0.6) is 5.75 Å². The molecule has 0 radical (unpaired) electrons. The van der Waals surface area contributed by atoms with Crippen LogP contribution in [-0.4, -0.2) is 42.5 Å². The lowest BCUT2D eigenvalue weighted by atomic mass is 9.69. The number of fused-ring (bicyclic) bond motifs is 2. The van der Waals surface area contributed by atoms with Gasteiger partial charge in [0, 0.05) is 25.0 Å². The number of nitrogens with zero attached hydrogens (tertiary/aromatic N) is 1. The molecule has 3 fully saturated rings. The molecule has 164 valence electrons. The Morgan fingerprint density at radius 3 is 2.40 bits per heavy atom. The summed E-state index contributed by atoms with van der Waals surface area (Å²) in [5, 5.41) is 3.41. The van der Waals surface area contributed by atoms with Crippen LogP contribution in [0.4, 0.5) is 0 Å².